The number of fused-ring (bicyclic) bond motifs is 7. The fourth-order valence-electron chi connectivity index (χ4n) is 14.5. The number of rotatable bonds is 5. The lowest BCUT2D eigenvalue weighted by Crippen LogP contribution is -2.67. The van der Waals surface area contributed by atoms with Crippen LogP contribution in [-0.2, 0) is 9.53 Å². The number of amides is 1. The van der Waals surface area contributed by atoms with E-state index in [-0.39, 0.29) is 40.8 Å². The summed E-state index contributed by atoms with van der Waals surface area (Å²) in [5.74, 6) is 1.09. The first kappa shape index (κ1) is 34.8. The van der Waals surface area contributed by atoms with Gasteiger partial charge in [0.1, 0.15) is 6.61 Å². The average Bonchev–Trinajstić information content (AvgIpc) is 3.48. The maximum atomic E-state index is 13.5. The lowest BCUT2D eigenvalue weighted by molar-refractivity contribution is -0.254. The van der Waals surface area contributed by atoms with E-state index in [0.717, 1.165) is 90.1 Å². The first-order chi connectivity index (χ1) is 22.7. The second-order valence-electron chi connectivity index (χ2n) is 19.1. The number of allylic oxidation sites excluding steroid dienone is 1. The molecule has 7 aliphatic rings. The Kier molecular flexibility index (Phi) is 8.90. The van der Waals surface area contributed by atoms with Crippen LogP contribution >= 0.6 is 0 Å². The van der Waals surface area contributed by atoms with Gasteiger partial charge >= 0.3 is 12.1 Å². The molecule has 7 heteroatoms. The molecule has 11 atom stereocenters. The number of aliphatic carboxylic acids is 1. The molecule has 0 aromatic rings. The van der Waals surface area contributed by atoms with Crippen LogP contribution in [0.2, 0.25) is 0 Å². The van der Waals surface area contributed by atoms with E-state index >= 15 is 0 Å². The molecule has 0 bridgehead atoms. The Morgan fingerprint density at radius 2 is 1.50 bits per heavy atom. The van der Waals surface area contributed by atoms with Gasteiger partial charge in [-0.15, -0.1) is 0 Å². The molecule has 7 rings (SSSR count). The number of likely N-dealkylation sites (tertiary alicyclic amines) is 2. The highest BCUT2D eigenvalue weighted by Gasteiger charge is 2.72. The van der Waals surface area contributed by atoms with Gasteiger partial charge in [-0.3, -0.25) is 4.79 Å². The minimum atomic E-state index is -0.599. The Labute approximate surface area is 290 Å². The van der Waals surface area contributed by atoms with Gasteiger partial charge < -0.3 is 24.7 Å². The summed E-state index contributed by atoms with van der Waals surface area (Å²) in [6, 6.07) is 0.589. The molecular weight excluding hydrogens is 600 g/mol. The molecule has 0 unspecified atom stereocenters. The summed E-state index contributed by atoms with van der Waals surface area (Å²) in [6.07, 6.45) is 14.9. The van der Waals surface area contributed by atoms with Crippen LogP contribution in [0, 0.1) is 56.7 Å². The van der Waals surface area contributed by atoms with Gasteiger partial charge in [-0.05, 0) is 156 Å². The quantitative estimate of drug-likeness (QED) is 0.288. The van der Waals surface area contributed by atoms with E-state index in [2.05, 4.69) is 46.1 Å². The fraction of sp³-hybridized carbons (Fsp3) is 0.902. The van der Waals surface area contributed by atoms with Crippen LogP contribution in [0.4, 0.5) is 4.79 Å². The minimum Gasteiger partial charge on any atom is -0.481 e. The SMILES string of the molecule is C=C(C)[C@@H]1CC[C@]2(C(=O)O)CC[C@]3(C)[C@H](CC[C@@H]4[C@@]5(C)CC[C@H](O)[C@@](C)(COC(=O)N6CCC(N7CCCCC7)CC6)[C@@H]5CC[C@]43C)[C@@H]12. The van der Waals surface area contributed by atoms with Gasteiger partial charge in [-0.1, -0.05) is 46.3 Å². The zero-order chi connectivity index (χ0) is 34.3. The van der Waals surface area contributed by atoms with Crippen molar-refractivity contribution >= 4 is 12.1 Å². The van der Waals surface area contributed by atoms with Crippen LogP contribution in [0.1, 0.15) is 131 Å². The van der Waals surface area contributed by atoms with E-state index in [4.69, 9.17) is 4.74 Å². The molecule has 0 radical (unpaired) electrons. The topological polar surface area (TPSA) is 90.3 Å². The maximum Gasteiger partial charge on any atom is 0.409 e. The Morgan fingerprint density at radius 1 is 0.792 bits per heavy atom. The van der Waals surface area contributed by atoms with Crippen LogP contribution in [0.15, 0.2) is 12.2 Å². The lowest BCUT2D eigenvalue weighted by Gasteiger charge is -2.72. The second-order valence-corrected chi connectivity index (χ2v) is 19.1. The predicted molar refractivity (Wildman–Crippen MR) is 188 cm³/mol. The van der Waals surface area contributed by atoms with Gasteiger partial charge in [-0.2, -0.15) is 0 Å². The molecule has 0 spiro atoms. The van der Waals surface area contributed by atoms with Crippen molar-refractivity contribution in [3.05, 3.63) is 12.2 Å². The molecule has 2 saturated heterocycles. The van der Waals surface area contributed by atoms with Crippen LogP contribution in [0.3, 0.4) is 0 Å². The molecular formula is C41H66N2O5. The first-order valence-corrected chi connectivity index (χ1v) is 19.9. The number of carboxylic acid groups (broad SMARTS) is 1. The number of piperidine rings is 2. The number of aliphatic hydroxyl groups excluding tert-OH is 1. The number of hydrogen-bond donors (Lipinski definition) is 2. The van der Waals surface area contributed by atoms with Crippen molar-refractivity contribution in [3.8, 4) is 0 Å². The summed E-state index contributed by atoms with van der Waals surface area (Å²) in [5, 5.41) is 22.4. The Morgan fingerprint density at radius 3 is 2.17 bits per heavy atom. The predicted octanol–water partition coefficient (Wildman–Crippen LogP) is 8.16. The third-order valence-electron chi connectivity index (χ3n) is 17.4. The number of nitrogens with zero attached hydrogens (tertiary/aromatic N) is 2. The van der Waals surface area contributed by atoms with Crippen LogP contribution in [0.5, 0.6) is 0 Å². The molecule has 2 N–H and O–H groups in total. The monoisotopic (exact) mass is 666 g/mol. The first-order valence-electron chi connectivity index (χ1n) is 19.9. The van der Waals surface area contributed by atoms with Crippen molar-refractivity contribution in [1.82, 2.24) is 9.80 Å². The molecule has 2 aliphatic heterocycles. The normalized spacial score (nSPS) is 48.1. The fourth-order valence-corrected chi connectivity index (χ4v) is 14.5. The third kappa shape index (κ3) is 4.99. The summed E-state index contributed by atoms with van der Waals surface area (Å²) in [6.45, 7) is 20.6. The lowest BCUT2D eigenvalue weighted by atomic mass is 9.32. The van der Waals surface area contributed by atoms with Gasteiger partial charge in [0.2, 0.25) is 0 Å². The largest absolute Gasteiger partial charge is 0.481 e. The molecule has 48 heavy (non-hydrogen) atoms. The van der Waals surface area contributed by atoms with Crippen molar-refractivity contribution in [2.45, 2.75) is 143 Å². The van der Waals surface area contributed by atoms with Crippen molar-refractivity contribution in [1.29, 1.82) is 0 Å². The number of carbonyl (C=O) groups excluding carboxylic acids is 1. The van der Waals surface area contributed by atoms with Crippen molar-refractivity contribution in [2.24, 2.45) is 56.7 Å². The van der Waals surface area contributed by atoms with E-state index in [1.807, 2.05) is 4.90 Å². The van der Waals surface area contributed by atoms with E-state index in [1.54, 1.807) is 0 Å². The highest BCUT2D eigenvalue weighted by molar-refractivity contribution is 5.76. The summed E-state index contributed by atoms with van der Waals surface area (Å²) in [7, 11) is 0. The smallest absolute Gasteiger partial charge is 0.409 e. The van der Waals surface area contributed by atoms with E-state index in [0.29, 0.717) is 23.8 Å². The van der Waals surface area contributed by atoms with Gasteiger partial charge in [0.15, 0.2) is 0 Å². The second kappa shape index (κ2) is 12.3. The molecule has 0 aromatic carbocycles. The Balaban J connectivity index is 1.07. The molecule has 0 aromatic heterocycles. The molecule has 1 amide bonds. The summed E-state index contributed by atoms with van der Waals surface area (Å²) < 4.78 is 6.20. The van der Waals surface area contributed by atoms with Crippen LogP contribution < -0.4 is 0 Å². The highest BCUT2D eigenvalue weighted by atomic mass is 16.6. The van der Waals surface area contributed by atoms with Crippen LogP contribution in [0.25, 0.3) is 0 Å². The number of carbonyl (C=O) groups is 2. The Bertz CT molecular complexity index is 1270. The summed E-state index contributed by atoms with van der Waals surface area (Å²) in [4.78, 5) is 31.1. The number of hydrogen-bond acceptors (Lipinski definition) is 5. The standard InChI is InChI=1S/C41H66N2O5/c1-27(2)29-12-19-41(35(45)46)21-20-39(5)30(34(29)41)10-11-32-37(3)17-14-33(44)38(4,31(37)13-18-40(32,39)6)26-48-36(47)43-24-15-28(16-25-43)42-22-8-7-9-23-42/h28-34,44H,1,7-26H2,2-6H3,(H,45,46)/t29-,30+,31+,32+,33-,34+,37-,38-,39+,40+,41-/m0/s1. The van der Waals surface area contributed by atoms with E-state index in [9.17, 15) is 19.8 Å². The number of carboxylic acids is 1. The van der Waals surface area contributed by atoms with Crippen molar-refractivity contribution < 1.29 is 24.5 Å². The molecule has 270 valence electrons. The van der Waals surface area contributed by atoms with E-state index in [1.165, 1.54) is 37.9 Å². The third-order valence-corrected chi connectivity index (χ3v) is 17.4. The van der Waals surface area contributed by atoms with Gasteiger partial charge in [-0.25, -0.2) is 4.79 Å². The average molecular weight is 667 g/mol. The van der Waals surface area contributed by atoms with Gasteiger partial charge in [0.05, 0.1) is 11.5 Å². The molecule has 7 nitrogen and oxygen atoms in total. The van der Waals surface area contributed by atoms with Gasteiger partial charge in [0, 0.05) is 24.5 Å². The molecule has 2 heterocycles. The van der Waals surface area contributed by atoms with Gasteiger partial charge in [0.25, 0.3) is 0 Å². The Hall–Kier alpha value is -1.60. The van der Waals surface area contributed by atoms with Crippen molar-refractivity contribution in [3.63, 3.8) is 0 Å². The number of ether oxygens (including phenoxy) is 1. The molecule has 5 aliphatic carbocycles. The zero-order valence-electron chi connectivity index (χ0n) is 30.9. The number of aliphatic hydroxyl groups is 1. The zero-order valence-corrected chi connectivity index (χ0v) is 30.9. The summed E-state index contributed by atoms with van der Waals surface area (Å²) >= 11 is 0. The highest BCUT2D eigenvalue weighted by Crippen LogP contribution is 2.77. The summed E-state index contributed by atoms with van der Waals surface area (Å²) in [5.41, 5.74) is 0.317. The maximum absolute atomic E-state index is 13.5. The minimum absolute atomic E-state index is 0.0406. The van der Waals surface area contributed by atoms with Crippen LogP contribution in [-0.4, -0.2) is 77.0 Å². The van der Waals surface area contributed by atoms with E-state index < -0.39 is 22.9 Å². The molecule has 5 saturated carbocycles. The molecule has 7 fully saturated rings. The van der Waals surface area contributed by atoms with Crippen molar-refractivity contribution in [2.75, 3.05) is 32.8 Å².